The minimum absolute atomic E-state index is 0.365. The van der Waals surface area contributed by atoms with Gasteiger partial charge in [-0.3, -0.25) is 14.9 Å². The Morgan fingerprint density at radius 1 is 1.40 bits per heavy atom. The molecule has 0 spiro atoms. The van der Waals surface area contributed by atoms with E-state index in [0.29, 0.717) is 13.0 Å². The molecular weight excluding hydrogens is 198 g/mol. The fourth-order valence-electron chi connectivity index (χ4n) is 1.46. The molecule has 0 aromatic heterocycles. The Balaban J connectivity index is 2.81. The van der Waals surface area contributed by atoms with E-state index in [4.69, 9.17) is 9.47 Å². The summed E-state index contributed by atoms with van der Waals surface area (Å²) < 4.78 is 11.0. The van der Waals surface area contributed by atoms with Crippen molar-refractivity contribution in [1.82, 2.24) is 5.32 Å². The van der Waals surface area contributed by atoms with Crippen LogP contribution in [0.1, 0.15) is 27.7 Å². The van der Waals surface area contributed by atoms with Crippen LogP contribution in [-0.4, -0.2) is 30.8 Å². The highest BCUT2D eigenvalue weighted by Gasteiger charge is 2.45. The summed E-state index contributed by atoms with van der Waals surface area (Å²) in [5.74, 6) is -1.22. The molecule has 0 aliphatic carbocycles. The third kappa shape index (κ3) is 2.76. The van der Waals surface area contributed by atoms with Gasteiger partial charge >= 0.3 is 0 Å². The van der Waals surface area contributed by atoms with Crippen LogP contribution in [0.4, 0.5) is 0 Å². The maximum atomic E-state index is 11.6. The lowest BCUT2D eigenvalue weighted by Gasteiger charge is -2.44. The predicted octanol–water partition coefficient (Wildman–Crippen LogP) is 0.437. The van der Waals surface area contributed by atoms with Crippen molar-refractivity contribution < 1.29 is 19.1 Å². The molecule has 1 aliphatic heterocycles. The zero-order valence-electron chi connectivity index (χ0n) is 9.49. The molecular formula is C10H17NO4. The second-order valence-corrected chi connectivity index (χ2v) is 4.80. The molecule has 1 saturated heterocycles. The summed E-state index contributed by atoms with van der Waals surface area (Å²) in [5, 5.41) is 2.11. The Morgan fingerprint density at radius 3 is 2.53 bits per heavy atom. The van der Waals surface area contributed by atoms with Crippen LogP contribution >= 0.6 is 0 Å². The second kappa shape index (κ2) is 3.90. The highest BCUT2D eigenvalue weighted by Crippen LogP contribution is 2.34. The van der Waals surface area contributed by atoms with Crippen molar-refractivity contribution in [3.8, 4) is 0 Å². The van der Waals surface area contributed by atoms with E-state index in [1.807, 2.05) is 13.8 Å². The number of hydrogen-bond donors (Lipinski definition) is 1. The fourth-order valence-corrected chi connectivity index (χ4v) is 1.46. The van der Waals surface area contributed by atoms with Crippen LogP contribution in [0, 0.1) is 5.41 Å². The third-order valence-electron chi connectivity index (χ3n) is 2.34. The van der Waals surface area contributed by atoms with Gasteiger partial charge in [0.2, 0.25) is 6.41 Å². The van der Waals surface area contributed by atoms with Crippen LogP contribution < -0.4 is 5.32 Å². The van der Waals surface area contributed by atoms with Gasteiger partial charge in [-0.2, -0.15) is 0 Å². The van der Waals surface area contributed by atoms with Crippen molar-refractivity contribution in [3.05, 3.63) is 0 Å². The van der Waals surface area contributed by atoms with Gasteiger partial charge in [-0.25, -0.2) is 0 Å². The normalized spacial score (nSPS) is 28.1. The molecule has 15 heavy (non-hydrogen) atoms. The average Bonchev–Trinajstić information content (AvgIpc) is 2.10. The van der Waals surface area contributed by atoms with Crippen molar-refractivity contribution in [1.29, 1.82) is 0 Å². The summed E-state index contributed by atoms with van der Waals surface area (Å²) in [4.78, 5) is 21.8. The van der Waals surface area contributed by atoms with Crippen LogP contribution in [0.2, 0.25) is 0 Å². The van der Waals surface area contributed by atoms with Crippen molar-refractivity contribution in [2.45, 2.75) is 39.6 Å². The van der Waals surface area contributed by atoms with Gasteiger partial charge in [0, 0.05) is 5.41 Å². The predicted molar refractivity (Wildman–Crippen MR) is 52.9 cm³/mol. The lowest BCUT2D eigenvalue weighted by atomic mass is 9.85. The number of rotatable bonds is 2. The van der Waals surface area contributed by atoms with Crippen molar-refractivity contribution in [3.63, 3.8) is 0 Å². The van der Waals surface area contributed by atoms with Gasteiger partial charge in [0.25, 0.3) is 5.91 Å². The van der Waals surface area contributed by atoms with Crippen LogP contribution in [0.15, 0.2) is 0 Å². The molecule has 0 radical (unpaired) electrons. The van der Waals surface area contributed by atoms with E-state index in [1.54, 1.807) is 13.8 Å². The molecule has 0 bridgehead atoms. The molecule has 1 rings (SSSR count). The number of hydrogen-bond acceptors (Lipinski definition) is 4. The molecule has 1 fully saturated rings. The molecule has 1 N–H and O–H groups in total. The van der Waals surface area contributed by atoms with E-state index < -0.39 is 23.2 Å². The van der Waals surface area contributed by atoms with E-state index in [0.717, 1.165) is 0 Å². The van der Waals surface area contributed by atoms with Gasteiger partial charge in [0.15, 0.2) is 5.79 Å². The van der Waals surface area contributed by atoms with Crippen LogP contribution in [0.3, 0.4) is 0 Å². The molecule has 0 unspecified atom stereocenters. The Labute approximate surface area is 89.1 Å². The molecule has 1 atom stereocenters. The fraction of sp³-hybridized carbons (Fsp3) is 0.800. The quantitative estimate of drug-likeness (QED) is 0.679. The van der Waals surface area contributed by atoms with Crippen molar-refractivity contribution >= 4 is 12.3 Å². The minimum atomic E-state index is -0.791. The van der Waals surface area contributed by atoms with Gasteiger partial charge in [0.1, 0.15) is 6.10 Å². The Bertz CT molecular complexity index is 273. The molecule has 0 saturated carbocycles. The zero-order chi connectivity index (χ0) is 11.7. The molecule has 5 nitrogen and oxygen atoms in total. The molecule has 1 aliphatic rings. The minimum Gasteiger partial charge on any atom is -0.350 e. The summed E-state index contributed by atoms with van der Waals surface area (Å²) in [7, 11) is 0. The molecule has 0 aromatic rings. The standard InChI is InChI=1S/C10H17NO4/c1-9(2)5-14-10(3,4)15-7(9)8(13)11-6-12/h6-7H,5H2,1-4H3,(H,11,12,13)/t7-/m1/s1. The number of ether oxygens (including phenoxy) is 2. The Morgan fingerprint density at radius 2 is 2.00 bits per heavy atom. The SMILES string of the molecule is CC1(C)OCC(C)(C)[C@@H](C(=O)NC=O)O1. The summed E-state index contributed by atoms with van der Waals surface area (Å²) in [6.07, 6.45) is -0.309. The summed E-state index contributed by atoms with van der Waals surface area (Å²) in [6.45, 7) is 7.61. The van der Waals surface area contributed by atoms with Gasteiger partial charge in [-0.15, -0.1) is 0 Å². The van der Waals surface area contributed by atoms with Gasteiger partial charge in [-0.1, -0.05) is 13.8 Å². The zero-order valence-corrected chi connectivity index (χ0v) is 9.49. The highest BCUT2D eigenvalue weighted by molar-refractivity contribution is 5.89. The maximum absolute atomic E-state index is 11.6. The summed E-state index contributed by atoms with van der Waals surface area (Å²) in [5.41, 5.74) is -0.442. The van der Waals surface area contributed by atoms with E-state index in [-0.39, 0.29) is 0 Å². The molecule has 2 amide bonds. The molecule has 0 aromatic carbocycles. The van der Waals surface area contributed by atoms with Gasteiger partial charge in [0.05, 0.1) is 6.61 Å². The van der Waals surface area contributed by atoms with E-state index >= 15 is 0 Å². The number of carbonyl (C=O) groups excluding carboxylic acids is 2. The lowest BCUT2D eigenvalue weighted by molar-refractivity contribution is -0.304. The molecule has 5 heteroatoms. The van der Waals surface area contributed by atoms with Gasteiger partial charge in [-0.05, 0) is 13.8 Å². The number of nitrogens with one attached hydrogen (secondary N) is 1. The third-order valence-corrected chi connectivity index (χ3v) is 2.34. The Hall–Kier alpha value is -0.940. The molecule has 86 valence electrons. The first-order valence-corrected chi connectivity index (χ1v) is 4.84. The summed E-state index contributed by atoms with van der Waals surface area (Å²) in [6, 6.07) is 0. The number of carbonyl (C=O) groups is 2. The smallest absolute Gasteiger partial charge is 0.256 e. The van der Waals surface area contributed by atoms with Crippen LogP contribution in [0.5, 0.6) is 0 Å². The van der Waals surface area contributed by atoms with Crippen molar-refractivity contribution in [2.75, 3.05) is 6.61 Å². The first kappa shape index (κ1) is 12.1. The first-order valence-electron chi connectivity index (χ1n) is 4.84. The van der Waals surface area contributed by atoms with Crippen LogP contribution in [-0.2, 0) is 19.1 Å². The second-order valence-electron chi connectivity index (χ2n) is 4.80. The molecule has 1 heterocycles. The Kier molecular flexibility index (Phi) is 3.16. The topological polar surface area (TPSA) is 64.6 Å². The van der Waals surface area contributed by atoms with E-state index in [2.05, 4.69) is 5.32 Å². The monoisotopic (exact) mass is 215 g/mol. The largest absolute Gasteiger partial charge is 0.350 e. The van der Waals surface area contributed by atoms with Gasteiger partial charge < -0.3 is 9.47 Å². The van der Waals surface area contributed by atoms with E-state index in [1.165, 1.54) is 0 Å². The average molecular weight is 215 g/mol. The lowest BCUT2D eigenvalue weighted by Crippen LogP contribution is -2.56. The first-order chi connectivity index (χ1) is 6.78. The summed E-state index contributed by atoms with van der Waals surface area (Å²) >= 11 is 0. The van der Waals surface area contributed by atoms with Crippen LogP contribution in [0.25, 0.3) is 0 Å². The van der Waals surface area contributed by atoms with Crippen molar-refractivity contribution in [2.24, 2.45) is 5.41 Å². The van der Waals surface area contributed by atoms with E-state index in [9.17, 15) is 9.59 Å². The maximum Gasteiger partial charge on any atom is 0.256 e. The highest BCUT2D eigenvalue weighted by atomic mass is 16.7. The number of amides is 2. The number of imide groups is 1.